The zero-order valence-corrected chi connectivity index (χ0v) is 13.2. The Morgan fingerprint density at radius 3 is 2.47 bits per heavy atom. The van der Waals surface area contributed by atoms with Crippen LogP contribution in [-0.4, -0.2) is 65.3 Å². The van der Waals surface area contributed by atoms with Gasteiger partial charge >= 0.3 is 0 Å². The lowest BCUT2D eigenvalue weighted by molar-refractivity contribution is -0.0339. The molecule has 2 heterocycles. The minimum absolute atomic E-state index is 0.0761. The van der Waals surface area contributed by atoms with Gasteiger partial charge in [-0.1, -0.05) is 12.2 Å². The van der Waals surface area contributed by atoms with E-state index < -0.39 is 0 Å². The molecule has 0 aliphatic carbocycles. The van der Waals surface area contributed by atoms with Gasteiger partial charge in [0.2, 0.25) is 0 Å². The Kier molecular flexibility index (Phi) is 4.82. The number of rotatable bonds is 4. The third kappa shape index (κ3) is 4.12. The Bertz CT molecular complexity index is 327. The minimum Gasteiger partial charge on any atom is -0.392 e. The van der Waals surface area contributed by atoms with Crippen LogP contribution < -0.4 is 5.73 Å². The van der Waals surface area contributed by atoms with E-state index in [4.69, 9.17) is 22.7 Å². The average molecular weight is 285 g/mol. The molecular weight excluding hydrogens is 258 g/mol. The van der Waals surface area contributed by atoms with Gasteiger partial charge in [-0.25, -0.2) is 0 Å². The maximum Gasteiger partial charge on any atom is 0.0899 e. The molecule has 2 saturated heterocycles. The fraction of sp³-hybridized carbons (Fsp3) is 0.929. The lowest BCUT2D eigenvalue weighted by Gasteiger charge is -2.38. The van der Waals surface area contributed by atoms with E-state index in [1.807, 2.05) is 0 Å². The highest BCUT2D eigenvalue weighted by Crippen LogP contribution is 2.29. The number of piperazine rings is 1. The first-order valence-corrected chi connectivity index (χ1v) is 7.72. The highest BCUT2D eigenvalue weighted by molar-refractivity contribution is 7.80. The van der Waals surface area contributed by atoms with Gasteiger partial charge in [-0.15, -0.1) is 0 Å². The van der Waals surface area contributed by atoms with Crippen LogP contribution in [0, 0.1) is 0 Å². The number of nitrogens with two attached hydrogens (primary N) is 1. The Labute approximate surface area is 122 Å². The van der Waals surface area contributed by atoms with Crippen molar-refractivity contribution in [2.24, 2.45) is 5.73 Å². The van der Waals surface area contributed by atoms with Gasteiger partial charge in [0.1, 0.15) is 0 Å². The van der Waals surface area contributed by atoms with Crippen LogP contribution in [0.3, 0.4) is 0 Å². The van der Waals surface area contributed by atoms with E-state index in [1.165, 1.54) is 12.8 Å². The van der Waals surface area contributed by atoms with Gasteiger partial charge in [-0.2, -0.15) is 0 Å². The molecule has 2 unspecified atom stereocenters. The molecule has 4 nitrogen and oxygen atoms in total. The fourth-order valence-electron chi connectivity index (χ4n) is 3.01. The van der Waals surface area contributed by atoms with Crippen LogP contribution >= 0.6 is 12.2 Å². The van der Waals surface area contributed by atoms with Gasteiger partial charge in [-0.3, -0.25) is 9.80 Å². The number of hydrogen-bond acceptors (Lipinski definition) is 4. The number of ether oxygens (including phenoxy) is 1. The molecule has 0 saturated carbocycles. The second-order valence-electron chi connectivity index (χ2n) is 6.45. The molecule has 110 valence electrons. The Balaban J connectivity index is 1.74. The van der Waals surface area contributed by atoms with Crippen molar-refractivity contribution in [3.63, 3.8) is 0 Å². The maximum atomic E-state index is 6.07. The quantitative estimate of drug-likeness (QED) is 0.787. The van der Waals surface area contributed by atoms with E-state index in [0.29, 0.717) is 11.1 Å². The Morgan fingerprint density at radius 1 is 1.37 bits per heavy atom. The van der Waals surface area contributed by atoms with Crippen LogP contribution in [0.1, 0.15) is 33.6 Å². The number of thiocarbonyl (C=S) groups is 1. The van der Waals surface area contributed by atoms with Crippen molar-refractivity contribution >= 4 is 17.2 Å². The minimum atomic E-state index is 0.0761. The first kappa shape index (κ1) is 15.2. The van der Waals surface area contributed by atoms with E-state index in [-0.39, 0.29) is 11.6 Å². The summed E-state index contributed by atoms with van der Waals surface area (Å²) in [5.74, 6) is 0. The van der Waals surface area contributed by atoms with Crippen LogP contribution in [0.25, 0.3) is 0 Å². The molecule has 0 radical (unpaired) electrons. The van der Waals surface area contributed by atoms with Gasteiger partial charge in [0.15, 0.2) is 0 Å². The molecule has 0 aromatic heterocycles. The summed E-state index contributed by atoms with van der Waals surface area (Å²) in [6.45, 7) is 11.8. The summed E-state index contributed by atoms with van der Waals surface area (Å²) >= 11 is 5.07. The second kappa shape index (κ2) is 6.04. The second-order valence-corrected chi connectivity index (χ2v) is 6.92. The molecule has 0 aromatic carbocycles. The summed E-state index contributed by atoms with van der Waals surface area (Å²) < 4.78 is 6.07. The molecule has 0 bridgehead atoms. The van der Waals surface area contributed by atoms with Crippen molar-refractivity contribution in [1.29, 1.82) is 0 Å². The fourth-order valence-corrected chi connectivity index (χ4v) is 3.16. The third-order valence-corrected chi connectivity index (χ3v) is 4.72. The maximum absolute atomic E-state index is 6.07. The average Bonchev–Trinajstić information content (AvgIpc) is 2.68. The summed E-state index contributed by atoms with van der Waals surface area (Å²) in [7, 11) is 0. The molecule has 0 aromatic rings. The molecule has 2 aliphatic rings. The molecule has 2 N–H and O–H groups in total. The summed E-state index contributed by atoms with van der Waals surface area (Å²) in [4.78, 5) is 5.49. The van der Waals surface area contributed by atoms with E-state index in [1.54, 1.807) is 0 Å². The molecule has 19 heavy (non-hydrogen) atoms. The topological polar surface area (TPSA) is 41.7 Å². The summed E-state index contributed by atoms with van der Waals surface area (Å²) in [6, 6.07) is 0.221. The van der Waals surface area contributed by atoms with E-state index in [9.17, 15) is 0 Å². The highest BCUT2D eigenvalue weighted by atomic mass is 32.1. The van der Waals surface area contributed by atoms with Crippen molar-refractivity contribution < 1.29 is 4.74 Å². The van der Waals surface area contributed by atoms with E-state index >= 15 is 0 Å². The van der Waals surface area contributed by atoms with Crippen molar-refractivity contribution in [1.82, 2.24) is 9.80 Å². The standard InChI is InChI=1S/C14H27N3OS/c1-11(13(15)19)17-8-6-16(7-9-17)10-12-4-5-14(2,3)18-12/h11-12H,4-10H2,1-3H3,(H2,15,19). The Morgan fingerprint density at radius 2 is 2.00 bits per heavy atom. The molecular formula is C14H27N3OS. The largest absolute Gasteiger partial charge is 0.392 e. The van der Waals surface area contributed by atoms with Crippen molar-refractivity contribution in [3.8, 4) is 0 Å². The van der Waals surface area contributed by atoms with Crippen LogP contribution in [-0.2, 0) is 4.74 Å². The van der Waals surface area contributed by atoms with Crippen LogP contribution in [0.4, 0.5) is 0 Å². The molecule has 0 spiro atoms. The van der Waals surface area contributed by atoms with Crippen molar-refractivity contribution in [2.75, 3.05) is 32.7 Å². The SMILES string of the molecule is CC(C(N)=S)N1CCN(CC2CCC(C)(C)O2)CC1. The monoisotopic (exact) mass is 285 g/mol. The normalized spacial score (nSPS) is 30.4. The van der Waals surface area contributed by atoms with Crippen LogP contribution in [0.2, 0.25) is 0 Å². The van der Waals surface area contributed by atoms with Crippen LogP contribution in [0.15, 0.2) is 0 Å². The van der Waals surface area contributed by atoms with Gasteiger partial charge in [0.25, 0.3) is 0 Å². The van der Waals surface area contributed by atoms with Gasteiger partial charge in [0.05, 0.1) is 22.7 Å². The molecule has 2 fully saturated rings. The first-order chi connectivity index (χ1) is 8.87. The number of nitrogens with zero attached hydrogens (tertiary/aromatic N) is 2. The summed E-state index contributed by atoms with van der Waals surface area (Å²) in [5.41, 5.74) is 5.80. The third-order valence-electron chi connectivity index (χ3n) is 4.38. The lowest BCUT2D eigenvalue weighted by atomic mass is 10.1. The van der Waals surface area contributed by atoms with Gasteiger partial charge in [-0.05, 0) is 33.6 Å². The molecule has 2 rings (SSSR count). The van der Waals surface area contributed by atoms with E-state index in [0.717, 1.165) is 32.7 Å². The van der Waals surface area contributed by atoms with Crippen molar-refractivity contribution in [3.05, 3.63) is 0 Å². The first-order valence-electron chi connectivity index (χ1n) is 7.31. The lowest BCUT2D eigenvalue weighted by Crippen LogP contribution is -2.53. The summed E-state index contributed by atoms with van der Waals surface area (Å²) in [6.07, 6.45) is 2.78. The highest BCUT2D eigenvalue weighted by Gasteiger charge is 2.33. The molecule has 0 amide bonds. The molecule has 2 aliphatic heterocycles. The zero-order valence-electron chi connectivity index (χ0n) is 12.4. The predicted molar refractivity (Wildman–Crippen MR) is 82.4 cm³/mol. The smallest absolute Gasteiger partial charge is 0.0899 e. The van der Waals surface area contributed by atoms with Crippen molar-refractivity contribution in [2.45, 2.75) is 51.4 Å². The van der Waals surface area contributed by atoms with Crippen LogP contribution in [0.5, 0.6) is 0 Å². The van der Waals surface area contributed by atoms with Gasteiger partial charge in [0, 0.05) is 32.7 Å². The summed E-state index contributed by atoms with van der Waals surface area (Å²) in [5, 5.41) is 0. The molecule has 2 atom stereocenters. The molecule has 5 heteroatoms. The Hall–Kier alpha value is -0.230. The zero-order chi connectivity index (χ0) is 14.0. The van der Waals surface area contributed by atoms with E-state index in [2.05, 4.69) is 30.6 Å². The predicted octanol–water partition coefficient (Wildman–Crippen LogP) is 1.24. The number of hydrogen-bond donors (Lipinski definition) is 1. The van der Waals surface area contributed by atoms with Gasteiger partial charge < -0.3 is 10.5 Å².